The maximum atomic E-state index is 13.0. The number of nitrogens with zero attached hydrogens (tertiary/aromatic N) is 2. The Morgan fingerprint density at radius 2 is 1.95 bits per heavy atom. The summed E-state index contributed by atoms with van der Waals surface area (Å²) in [5.41, 5.74) is 1.24. The number of anilines is 2. The Hall–Kier alpha value is -2.10. The lowest BCUT2D eigenvalue weighted by atomic mass is 10.2. The molecule has 0 spiro atoms. The zero-order valence-electron chi connectivity index (χ0n) is 10.6. The van der Waals surface area contributed by atoms with Gasteiger partial charge in [0, 0.05) is 24.8 Å². The molecule has 0 saturated carbocycles. The zero-order chi connectivity index (χ0) is 13.1. The molecule has 98 valence electrons. The minimum absolute atomic E-state index is 0.314. The van der Waals surface area contributed by atoms with Crippen molar-refractivity contribution in [2.45, 2.75) is 12.5 Å². The average Bonchev–Trinajstić information content (AvgIpc) is 2.88. The van der Waals surface area contributed by atoms with Crippen molar-refractivity contribution >= 4 is 11.5 Å². The van der Waals surface area contributed by atoms with Crippen molar-refractivity contribution in [3.8, 4) is 0 Å². The van der Waals surface area contributed by atoms with Crippen molar-refractivity contribution < 1.29 is 4.39 Å². The molecule has 0 aliphatic carbocycles. The number of aromatic nitrogens is 1. The fourth-order valence-electron chi connectivity index (χ4n) is 2.45. The van der Waals surface area contributed by atoms with E-state index in [0.717, 1.165) is 19.5 Å². The molecular formula is C15H16FN3. The van der Waals surface area contributed by atoms with Gasteiger partial charge in [0.2, 0.25) is 5.95 Å². The van der Waals surface area contributed by atoms with E-state index in [-0.39, 0.29) is 0 Å². The van der Waals surface area contributed by atoms with Gasteiger partial charge in [-0.2, -0.15) is 4.39 Å². The van der Waals surface area contributed by atoms with E-state index in [1.54, 1.807) is 12.1 Å². The molecule has 2 heterocycles. The minimum atomic E-state index is -0.442. The molecule has 1 N–H and O–H groups in total. The van der Waals surface area contributed by atoms with Crippen LogP contribution < -0.4 is 10.2 Å². The third-order valence-electron chi connectivity index (χ3n) is 3.38. The van der Waals surface area contributed by atoms with E-state index in [0.29, 0.717) is 11.9 Å². The van der Waals surface area contributed by atoms with E-state index in [2.05, 4.69) is 27.3 Å². The first-order valence-electron chi connectivity index (χ1n) is 6.50. The monoisotopic (exact) mass is 257 g/mol. The van der Waals surface area contributed by atoms with Crippen molar-refractivity contribution in [1.82, 2.24) is 4.98 Å². The molecule has 2 aromatic rings. The third-order valence-corrected chi connectivity index (χ3v) is 3.38. The van der Waals surface area contributed by atoms with Crippen molar-refractivity contribution in [3.63, 3.8) is 0 Å². The quantitative estimate of drug-likeness (QED) is 0.857. The molecule has 3 rings (SSSR count). The van der Waals surface area contributed by atoms with Gasteiger partial charge in [0.15, 0.2) is 0 Å². The summed E-state index contributed by atoms with van der Waals surface area (Å²) in [5.74, 6) is 0.169. The molecule has 4 heteroatoms. The highest BCUT2D eigenvalue weighted by molar-refractivity contribution is 5.48. The fourth-order valence-corrected chi connectivity index (χ4v) is 2.45. The van der Waals surface area contributed by atoms with Gasteiger partial charge in [-0.15, -0.1) is 0 Å². The van der Waals surface area contributed by atoms with Crippen molar-refractivity contribution in [2.24, 2.45) is 0 Å². The Morgan fingerprint density at radius 3 is 2.74 bits per heavy atom. The molecule has 1 unspecified atom stereocenters. The van der Waals surface area contributed by atoms with Gasteiger partial charge in [-0.05, 0) is 30.7 Å². The van der Waals surface area contributed by atoms with Crippen LogP contribution in [0.25, 0.3) is 0 Å². The molecule has 19 heavy (non-hydrogen) atoms. The minimum Gasteiger partial charge on any atom is -0.369 e. The second-order valence-electron chi connectivity index (χ2n) is 4.76. The van der Waals surface area contributed by atoms with Crippen LogP contribution in [0.1, 0.15) is 6.42 Å². The topological polar surface area (TPSA) is 28.2 Å². The molecular weight excluding hydrogens is 241 g/mol. The summed E-state index contributed by atoms with van der Waals surface area (Å²) in [6.45, 7) is 1.93. The normalized spacial score (nSPS) is 18.6. The smallest absolute Gasteiger partial charge is 0.214 e. The SMILES string of the molecule is Fc1cccc(NC2CCN(c3ccccc3)C2)n1. The van der Waals surface area contributed by atoms with E-state index in [1.165, 1.54) is 11.8 Å². The van der Waals surface area contributed by atoms with Crippen molar-refractivity contribution in [3.05, 3.63) is 54.5 Å². The second kappa shape index (κ2) is 5.26. The van der Waals surface area contributed by atoms with Crippen LogP contribution in [-0.2, 0) is 0 Å². The van der Waals surface area contributed by atoms with Gasteiger partial charge >= 0.3 is 0 Å². The largest absolute Gasteiger partial charge is 0.369 e. The maximum absolute atomic E-state index is 13.0. The number of hydrogen-bond donors (Lipinski definition) is 1. The van der Waals surface area contributed by atoms with Crippen LogP contribution in [0.3, 0.4) is 0 Å². The highest BCUT2D eigenvalue weighted by Gasteiger charge is 2.22. The third kappa shape index (κ3) is 2.84. The summed E-state index contributed by atoms with van der Waals surface area (Å²) in [6.07, 6.45) is 1.03. The van der Waals surface area contributed by atoms with Crippen LogP contribution in [0.4, 0.5) is 15.9 Å². The lowest BCUT2D eigenvalue weighted by Gasteiger charge is -2.19. The van der Waals surface area contributed by atoms with E-state index in [1.807, 2.05) is 18.2 Å². The van der Waals surface area contributed by atoms with E-state index in [9.17, 15) is 4.39 Å². The molecule has 0 radical (unpaired) electrons. The molecule has 0 amide bonds. The van der Waals surface area contributed by atoms with Gasteiger partial charge in [-0.25, -0.2) is 4.98 Å². The molecule has 1 aromatic heterocycles. The number of rotatable bonds is 3. The summed E-state index contributed by atoms with van der Waals surface area (Å²) < 4.78 is 13.0. The highest BCUT2D eigenvalue weighted by atomic mass is 19.1. The van der Waals surface area contributed by atoms with Crippen LogP contribution in [0.5, 0.6) is 0 Å². The number of halogens is 1. The lowest BCUT2D eigenvalue weighted by Crippen LogP contribution is -2.26. The zero-order valence-corrected chi connectivity index (χ0v) is 10.6. The summed E-state index contributed by atoms with van der Waals surface area (Å²) in [5, 5.41) is 3.29. The van der Waals surface area contributed by atoms with Crippen LogP contribution in [0.15, 0.2) is 48.5 Å². The van der Waals surface area contributed by atoms with Crippen LogP contribution in [-0.4, -0.2) is 24.1 Å². The van der Waals surface area contributed by atoms with E-state index < -0.39 is 5.95 Å². The molecule has 1 aromatic carbocycles. The number of pyridine rings is 1. The van der Waals surface area contributed by atoms with E-state index in [4.69, 9.17) is 0 Å². The summed E-state index contributed by atoms with van der Waals surface area (Å²) in [7, 11) is 0. The van der Waals surface area contributed by atoms with Gasteiger partial charge in [-0.3, -0.25) is 0 Å². The highest BCUT2D eigenvalue weighted by Crippen LogP contribution is 2.21. The number of para-hydroxylation sites is 1. The van der Waals surface area contributed by atoms with Gasteiger partial charge in [0.05, 0.1) is 0 Å². The molecule has 1 aliphatic heterocycles. The molecule has 0 bridgehead atoms. The predicted molar refractivity (Wildman–Crippen MR) is 74.9 cm³/mol. The van der Waals surface area contributed by atoms with Gasteiger partial charge in [0.25, 0.3) is 0 Å². The number of nitrogens with one attached hydrogen (secondary N) is 1. The predicted octanol–water partition coefficient (Wildman–Crippen LogP) is 2.91. The van der Waals surface area contributed by atoms with Crippen molar-refractivity contribution in [1.29, 1.82) is 0 Å². The lowest BCUT2D eigenvalue weighted by molar-refractivity contribution is 0.584. The van der Waals surface area contributed by atoms with Crippen LogP contribution in [0.2, 0.25) is 0 Å². The Kier molecular flexibility index (Phi) is 3.31. The summed E-state index contributed by atoms with van der Waals surface area (Å²) in [4.78, 5) is 6.17. The average molecular weight is 257 g/mol. The Balaban J connectivity index is 1.63. The van der Waals surface area contributed by atoms with Crippen LogP contribution >= 0.6 is 0 Å². The Morgan fingerprint density at radius 1 is 1.11 bits per heavy atom. The van der Waals surface area contributed by atoms with Gasteiger partial charge < -0.3 is 10.2 Å². The van der Waals surface area contributed by atoms with Crippen LogP contribution in [0, 0.1) is 5.95 Å². The number of hydrogen-bond acceptors (Lipinski definition) is 3. The maximum Gasteiger partial charge on any atom is 0.214 e. The number of benzene rings is 1. The molecule has 3 nitrogen and oxygen atoms in total. The first-order valence-corrected chi connectivity index (χ1v) is 6.50. The molecule has 1 aliphatic rings. The summed E-state index contributed by atoms with van der Waals surface area (Å²) in [6, 6.07) is 15.5. The Labute approximate surface area is 112 Å². The molecule has 1 saturated heterocycles. The van der Waals surface area contributed by atoms with E-state index >= 15 is 0 Å². The molecule has 1 fully saturated rings. The first kappa shape index (κ1) is 12.0. The van der Waals surface area contributed by atoms with Crippen molar-refractivity contribution in [2.75, 3.05) is 23.3 Å². The first-order chi connectivity index (χ1) is 9.31. The van der Waals surface area contributed by atoms with Gasteiger partial charge in [-0.1, -0.05) is 24.3 Å². The standard InChI is InChI=1S/C15H16FN3/c16-14-7-4-8-15(18-14)17-12-9-10-19(11-12)13-5-2-1-3-6-13/h1-8,12H,9-11H2,(H,17,18). The second-order valence-corrected chi connectivity index (χ2v) is 4.76. The fraction of sp³-hybridized carbons (Fsp3) is 0.267. The molecule has 1 atom stereocenters. The van der Waals surface area contributed by atoms with Gasteiger partial charge in [0.1, 0.15) is 5.82 Å². The summed E-state index contributed by atoms with van der Waals surface area (Å²) >= 11 is 0. The Bertz CT molecular complexity index is 544.